The molecule has 90 valence electrons. The van der Waals surface area contributed by atoms with Crippen LogP contribution in [0.4, 0.5) is 9.59 Å². The number of urea groups is 2. The van der Waals surface area contributed by atoms with Gasteiger partial charge in [-0.15, -0.1) is 0 Å². The Bertz CT molecular complexity index is 283. The van der Waals surface area contributed by atoms with Crippen molar-refractivity contribution in [2.45, 2.75) is 51.6 Å². The normalized spacial score (nSPS) is 16.9. The maximum absolute atomic E-state index is 11.2. The molecule has 0 aromatic carbocycles. The van der Waals surface area contributed by atoms with Crippen LogP contribution in [0.2, 0.25) is 0 Å². The predicted molar refractivity (Wildman–Crippen MR) is 59.3 cm³/mol. The van der Waals surface area contributed by atoms with E-state index in [-0.39, 0.29) is 12.1 Å². The number of rotatable bonds is 2. The average Bonchev–Trinajstić information content (AvgIpc) is 2.66. The highest BCUT2D eigenvalue weighted by Gasteiger charge is 2.16. The van der Waals surface area contributed by atoms with Gasteiger partial charge in [0.05, 0.1) is 0 Å². The van der Waals surface area contributed by atoms with Gasteiger partial charge in [-0.1, -0.05) is 23.1 Å². The Balaban J connectivity index is 2.26. The van der Waals surface area contributed by atoms with Gasteiger partial charge in [-0.2, -0.15) is 0 Å². The van der Waals surface area contributed by atoms with Crippen LogP contribution in [0.3, 0.4) is 0 Å². The molecule has 1 rings (SSSR count). The van der Waals surface area contributed by atoms with Gasteiger partial charge in [0.25, 0.3) is 0 Å². The van der Waals surface area contributed by atoms with E-state index in [0.29, 0.717) is 0 Å². The molecule has 0 heterocycles. The molecule has 0 aliphatic heterocycles. The van der Waals surface area contributed by atoms with Crippen LogP contribution in [0.15, 0.2) is 10.2 Å². The third-order valence-corrected chi connectivity index (χ3v) is 2.33. The van der Waals surface area contributed by atoms with E-state index < -0.39 is 12.1 Å². The van der Waals surface area contributed by atoms with Crippen LogP contribution in [0.25, 0.3) is 0 Å². The quantitative estimate of drug-likeness (QED) is 0.707. The second-order valence-corrected chi connectivity index (χ2v) is 4.24. The number of amides is 4. The summed E-state index contributed by atoms with van der Waals surface area (Å²) in [6, 6.07) is -0.939. The first-order chi connectivity index (χ1) is 7.58. The lowest BCUT2D eigenvalue weighted by Crippen LogP contribution is -2.31. The van der Waals surface area contributed by atoms with Crippen LogP contribution in [0.1, 0.15) is 39.5 Å². The van der Waals surface area contributed by atoms with Crippen LogP contribution in [0, 0.1) is 0 Å². The first kappa shape index (κ1) is 12.6. The minimum atomic E-state index is -0.587. The summed E-state index contributed by atoms with van der Waals surface area (Å²) in [5.74, 6) is 0. The third-order valence-electron chi connectivity index (χ3n) is 2.33. The highest BCUT2D eigenvalue weighted by atomic mass is 16.2. The molecule has 0 bridgehead atoms. The Kier molecular flexibility index (Phi) is 4.88. The first-order valence-electron chi connectivity index (χ1n) is 5.60. The smallest absolute Gasteiger partial charge is 0.333 e. The molecule has 0 radical (unpaired) electrons. The standard InChI is InChI=1S/C10H18N4O2/c1-7(2)11-9(15)13-14-10(16)12-8-5-3-4-6-8/h7-8H,3-6H2,1-2H3,(H,11,15)(H,12,16). The van der Waals surface area contributed by atoms with E-state index in [0.717, 1.165) is 25.7 Å². The van der Waals surface area contributed by atoms with Crippen LogP contribution < -0.4 is 10.6 Å². The van der Waals surface area contributed by atoms with Gasteiger partial charge in [-0.05, 0) is 26.7 Å². The van der Waals surface area contributed by atoms with Gasteiger partial charge in [-0.25, -0.2) is 9.59 Å². The molecule has 0 unspecified atom stereocenters. The summed E-state index contributed by atoms with van der Waals surface area (Å²) in [6.07, 6.45) is 4.24. The zero-order valence-corrected chi connectivity index (χ0v) is 9.69. The maximum atomic E-state index is 11.2. The van der Waals surface area contributed by atoms with E-state index >= 15 is 0 Å². The highest BCUT2D eigenvalue weighted by Crippen LogP contribution is 2.17. The third kappa shape index (κ3) is 4.86. The minimum Gasteiger partial charge on any atom is -0.333 e. The molecule has 6 heteroatoms. The molecular weight excluding hydrogens is 208 g/mol. The van der Waals surface area contributed by atoms with Gasteiger partial charge in [-0.3, -0.25) is 0 Å². The van der Waals surface area contributed by atoms with Crippen LogP contribution in [-0.2, 0) is 0 Å². The molecule has 16 heavy (non-hydrogen) atoms. The average molecular weight is 226 g/mol. The lowest BCUT2D eigenvalue weighted by atomic mass is 10.3. The number of nitrogens with one attached hydrogen (secondary N) is 2. The van der Waals surface area contributed by atoms with Crippen molar-refractivity contribution in [2.75, 3.05) is 0 Å². The molecule has 4 amide bonds. The lowest BCUT2D eigenvalue weighted by molar-refractivity contribution is 0.238. The fourth-order valence-electron chi connectivity index (χ4n) is 1.64. The van der Waals surface area contributed by atoms with Crippen LogP contribution in [0.5, 0.6) is 0 Å². The van der Waals surface area contributed by atoms with Crippen molar-refractivity contribution in [1.82, 2.24) is 10.6 Å². The number of azo groups is 1. The van der Waals surface area contributed by atoms with Gasteiger partial charge < -0.3 is 10.6 Å². The Labute approximate surface area is 94.9 Å². The fourth-order valence-corrected chi connectivity index (χ4v) is 1.64. The summed E-state index contributed by atoms with van der Waals surface area (Å²) in [4.78, 5) is 22.3. The van der Waals surface area contributed by atoms with Crippen molar-refractivity contribution in [1.29, 1.82) is 0 Å². The van der Waals surface area contributed by atoms with E-state index in [1.165, 1.54) is 0 Å². The monoisotopic (exact) mass is 226 g/mol. The Hall–Kier alpha value is -1.46. The number of hydrogen-bond donors (Lipinski definition) is 2. The predicted octanol–water partition coefficient (Wildman–Crippen LogP) is 2.21. The van der Waals surface area contributed by atoms with Crippen molar-refractivity contribution in [2.24, 2.45) is 10.2 Å². The van der Waals surface area contributed by atoms with Crippen molar-refractivity contribution in [3.63, 3.8) is 0 Å². The molecule has 1 aliphatic rings. The van der Waals surface area contributed by atoms with Crippen molar-refractivity contribution < 1.29 is 9.59 Å². The molecule has 1 aliphatic carbocycles. The lowest BCUT2D eigenvalue weighted by Gasteiger charge is -2.07. The molecule has 2 N–H and O–H groups in total. The number of carbonyl (C=O) groups excluding carboxylic acids is 2. The molecule has 6 nitrogen and oxygen atoms in total. The van der Waals surface area contributed by atoms with Crippen LogP contribution >= 0.6 is 0 Å². The number of hydrogen-bond acceptors (Lipinski definition) is 2. The molecule has 0 aromatic rings. The van der Waals surface area contributed by atoms with E-state index in [4.69, 9.17) is 0 Å². The Morgan fingerprint density at radius 2 is 1.69 bits per heavy atom. The molecule has 0 spiro atoms. The Morgan fingerprint density at radius 3 is 2.25 bits per heavy atom. The zero-order valence-electron chi connectivity index (χ0n) is 9.69. The molecule has 1 fully saturated rings. The fraction of sp³-hybridized carbons (Fsp3) is 0.800. The summed E-state index contributed by atoms with van der Waals surface area (Å²) in [5.41, 5.74) is 0. The van der Waals surface area contributed by atoms with Gasteiger partial charge in [0.1, 0.15) is 0 Å². The van der Waals surface area contributed by atoms with Crippen molar-refractivity contribution in [3.05, 3.63) is 0 Å². The summed E-state index contributed by atoms with van der Waals surface area (Å²) >= 11 is 0. The minimum absolute atomic E-state index is 0.00987. The Morgan fingerprint density at radius 1 is 1.12 bits per heavy atom. The van der Waals surface area contributed by atoms with E-state index in [9.17, 15) is 9.59 Å². The topological polar surface area (TPSA) is 82.9 Å². The van der Waals surface area contributed by atoms with Gasteiger partial charge in [0.2, 0.25) is 0 Å². The van der Waals surface area contributed by atoms with Crippen molar-refractivity contribution in [3.8, 4) is 0 Å². The highest BCUT2D eigenvalue weighted by molar-refractivity contribution is 5.79. The second kappa shape index (κ2) is 6.19. The van der Waals surface area contributed by atoms with E-state index in [1.54, 1.807) is 0 Å². The summed E-state index contributed by atoms with van der Waals surface area (Å²) in [7, 11) is 0. The molecule has 0 saturated heterocycles. The summed E-state index contributed by atoms with van der Waals surface area (Å²) in [5, 5.41) is 11.8. The van der Waals surface area contributed by atoms with Crippen LogP contribution in [-0.4, -0.2) is 24.1 Å². The summed E-state index contributed by atoms with van der Waals surface area (Å²) < 4.78 is 0. The molecule has 1 saturated carbocycles. The first-order valence-corrected chi connectivity index (χ1v) is 5.60. The SMILES string of the molecule is CC(C)NC(=O)N=NC(=O)NC1CCCC1. The largest absolute Gasteiger partial charge is 0.359 e. The number of carbonyl (C=O) groups is 2. The zero-order chi connectivity index (χ0) is 12.0. The molecule has 0 aromatic heterocycles. The van der Waals surface area contributed by atoms with Gasteiger partial charge >= 0.3 is 12.1 Å². The molecule has 0 atom stereocenters. The van der Waals surface area contributed by atoms with E-state index in [1.807, 2.05) is 13.8 Å². The second-order valence-electron chi connectivity index (χ2n) is 4.24. The maximum Gasteiger partial charge on any atom is 0.359 e. The van der Waals surface area contributed by atoms with Gasteiger partial charge in [0.15, 0.2) is 0 Å². The molecular formula is C10H18N4O2. The van der Waals surface area contributed by atoms with Crippen molar-refractivity contribution >= 4 is 12.1 Å². The summed E-state index contributed by atoms with van der Waals surface area (Å²) in [6.45, 7) is 3.62. The van der Waals surface area contributed by atoms with Gasteiger partial charge in [0, 0.05) is 12.1 Å². The van der Waals surface area contributed by atoms with E-state index in [2.05, 4.69) is 20.9 Å². The number of nitrogens with zero attached hydrogens (tertiary/aromatic N) is 2.